The molecule has 1 aromatic heterocycles. The molecule has 0 bridgehead atoms. The molecule has 0 aliphatic heterocycles. The van der Waals surface area contributed by atoms with E-state index in [1.54, 1.807) is 24.3 Å². The maximum absolute atomic E-state index is 11.7. The van der Waals surface area contributed by atoms with Gasteiger partial charge in [-0.3, -0.25) is 5.21 Å². The van der Waals surface area contributed by atoms with Crippen molar-refractivity contribution in [1.82, 2.24) is 5.06 Å². The first-order valence-corrected chi connectivity index (χ1v) is 10.8. The van der Waals surface area contributed by atoms with Crippen molar-refractivity contribution in [2.45, 2.75) is 11.4 Å². The van der Waals surface area contributed by atoms with E-state index in [0.29, 0.717) is 5.06 Å². The summed E-state index contributed by atoms with van der Waals surface area (Å²) in [6, 6.07) is 15.3. The average molecular weight is 402 g/mol. The van der Waals surface area contributed by atoms with Crippen LogP contribution in [0, 0.1) is 0 Å². The van der Waals surface area contributed by atoms with Gasteiger partial charge in [0.15, 0.2) is 9.84 Å². The third kappa shape index (κ3) is 4.19. The van der Waals surface area contributed by atoms with Crippen molar-refractivity contribution in [2.24, 2.45) is 5.73 Å². The number of primary amides is 1. The quantitative estimate of drug-likeness (QED) is 0.501. The van der Waals surface area contributed by atoms with Gasteiger partial charge in [0.25, 0.3) is 0 Å². The summed E-state index contributed by atoms with van der Waals surface area (Å²) in [5.41, 5.74) is 8.65. The number of urea groups is 1. The largest absolute Gasteiger partial charge is 0.350 e. The standard InChI is InChI=1S/C19H18N2O4S2/c1-27(24,25)15-9-7-13(8-10-15)16-12-26-17(11-21(23)19(20)22)18(16)14-5-3-2-4-6-14/h2-10,12,23H,11H2,1H3,(H2,20,22). The zero-order valence-electron chi connectivity index (χ0n) is 14.5. The van der Waals surface area contributed by atoms with Crippen LogP contribution in [0.25, 0.3) is 22.3 Å². The Morgan fingerprint density at radius 3 is 2.26 bits per heavy atom. The van der Waals surface area contributed by atoms with E-state index < -0.39 is 15.9 Å². The molecule has 0 fully saturated rings. The smallest absolute Gasteiger partial charge is 0.338 e. The Morgan fingerprint density at radius 2 is 1.70 bits per heavy atom. The number of sulfone groups is 1. The molecule has 0 atom stereocenters. The Bertz CT molecular complexity index is 1060. The molecular formula is C19H18N2O4S2. The van der Waals surface area contributed by atoms with E-state index in [1.807, 2.05) is 35.7 Å². The molecule has 27 heavy (non-hydrogen) atoms. The van der Waals surface area contributed by atoms with Gasteiger partial charge < -0.3 is 5.73 Å². The summed E-state index contributed by atoms with van der Waals surface area (Å²) in [4.78, 5) is 12.2. The van der Waals surface area contributed by atoms with Crippen molar-refractivity contribution < 1.29 is 18.4 Å². The van der Waals surface area contributed by atoms with Crippen molar-refractivity contribution >= 4 is 27.2 Å². The highest BCUT2D eigenvalue weighted by atomic mass is 32.2. The van der Waals surface area contributed by atoms with Crippen molar-refractivity contribution in [3.05, 3.63) is 64.9 Å². The molecule has 140 valence electrons. The molecule has 3 N–H and O–H groups in total. The molecule has 3 rings (SSSR count). The summed E-state index contributed by atoms with van der Waals surface area (Å²) in [6.07, 6.45) is 1.17. The van der Waals surface area contributed by atoms with Crippen LogP contribution in [-0.2, 0) is 16.4 Å². The first-order valence-electron chi connectivity index (χ1n) is 7.99. The van der Waals surface area contributed by atoms with Gasteiger partial charge in [0.05, 0.1) is 11.4 Å². The molecule has 0 spiro atoms. The van der Waals surface area contributed by atoms with E-state index in [4.69, 9.17) is 5.73 Å². The number of nitrogens with zero attached hydrogens (tertiary/aromatic N) is 1. The third-order valence-electron chi connectivity index (χ3n) is 4.07. The predicted molar refractivity (Wildman–Crippen MR) is 105 cm³/mol. The number of rotatable bonds is 5. The highest BCUT2D eigenvalue weighted by molar-refractivity contribution is 7.90. The van der Waals surface area contributed by atoms with E-state index in [9.17, 15) is 18.4 Å². The van der Waals surface area contributed by atoms with Gasteiger partial charge in [-0.25, -0.2) is 18.3 Å². The van der Waals surface area contributed by atoms with Crippen LogP contribution in [-0.4, -0.2) is 31.0 Å². The van der Waals surface area contributed by atoms with Gasteiger partial charge in [0.2, 0.25) is 0 Å². The lowest BCUT2D eigenvalue weighted by molar-refractivity contribution is -0.0461. The molecule has 2 aromatic carbocycles. The molecule has 6 nitrogen and oxygen atoms in total. The highest BCUT2D eigenvalue weighted by Crippen LogP contribution is 2.40. The van der Waals surface area contributed by atoms with Crippen LogP contribution in [0.15, 0.2) is 64.9 Å². The molecule has 1 heterocycles. The Labute approximate surface area is 161 Å². The van der Waals surface area contributed by atoms with Crippen LogP contribution in [0.2, 0.25) is 0 Å². The number of benzene rings is 2. The topological polar surface area (TPSA) is 101 Å². The summed E-state index contributed by atoms with van der Waals surface area (Å²) in [5, 5.41) is 12.1. The summed E-state index contributed by atoms with van der Waals surface area (Å²) in [5.74, 6) is 0. The minimum Gasteiger partial charge on any atom is -0.350 e. The van der Waals surface area contributed by atoms with Crippen molar-refractivity contribution in [3.63, 3.8) is 0 Å². The Morgan fingerprint density at radius 1 is 1.07 bits per heavy atom. The highest BCUT2D eigenvalue weighted by Gasteiger charge is 2.19. The van der Waals surface area contributed by atoms with Gasteiger partial charge in [-0.1, -0.05) is 42.5 Å². The molecule has 2 amide bonds. The van der Waals surface area contributed by atoms with E-state index in [1.165, 1.54) is 17.6 Å². The SMILES string of the molecule is CS(=O)(=O)c1ccc(-c2csc(CN(O)C(N)=O)c2-c2ccccc2)cc1. The molecular weight excluding hydrogens is 384 g/mol. The van der Waals surface area contributed by atoms with E-state index in [-0.39, 0.29) is 11.4 Å². The lowest BCUT2D eigenvalue weighted by Crippen LogP contribution is -2.31. The van der Waals surface area contributed by atoms with Gasteiger partial charge in [-0.15, -0.1) is 11.3 Å². The molecule has 0 saturated carbocycles. The van der Waals surface area contributed by atoms with E-state index >= 15 is 0 Å². The summed E-state index contributed by atoms with van der Waals surface area (Å²) in [7, 11) is -3.27. The van der Waals surface area contributed by atoms with Gasteiger partial charge in [-0.05, 0) is 28.6 Å². The second-order valence-corrected chi connectivity index (χ2v) is 8.99. The molecule has 0 aliphatic carbocycles. The van der Waals surface area contributed by atoms with Crippen LogP contribution < -0.4 is 5.73 Å². The summed E-state index contributed by atoms with van der Waals surface area (Å²) >= 11 is 1.39. The number of hydrogen-bond donors (Lipinski definition) is 2. The first-order chi connectivity index (χ1) is 12.8. The lowest BCUT2D eigenvalue weighted by Gasteiger charge is -2.13. The Kier molecular flexibility index (Phi) is 5.31. The van der Waals surface area contributed by atoms with Crippen LogP contribution in [0.1, 0.15) is 4.88 Å². The molecule has 0 aliphatic rings. The second kappa shape index (κ2) is 7.51. The first kappa shape index (κ1) is 19.1. The molecule has 3 aromatic rings. The van der Waals surface area contributed by atoms with E-state index in [2.05, 4.69) is 0 Å². The molecule has 0 unspecified atom stereocenters. The fourth-order valence-electron chi connectivity index (χ4n) is 2.74. The number of carbonyl (C=O) groups is 1. The Balaban J connectivity index is 2.10. The number of thiophene rings is 1. The van der Waals surface area contributed by atoms with Crippen LogP contribution >= 0.6 is 11.3 Å². The van der Waals surface area contributed by atoms with Gasteiger partial charge in [0.1, 0.15) is 0 Å². The van der Waals surface area contributed by atoms with Crippen molar-refractivity contribution in [2.75, 3.05) is 6.26 Å². The minimum absolute atomic E-state index is 0.0361. The van der Waals surface area contributed by atoms with Gasteiger partial charge in [-0.2, -0.15) is 0 Å². The van der Waals surface area contributed by atoms with Crippen LogP contribution in [0.3, 0.4) is 0 Å². The maximum Gasteiger partial charge on any atom is 0.338 e. The van der Waals surface area contributed by atoms with Gasteiger partial charge >= 0.3 is 6.03 Å². The van der Waals surface area contributed by atoms with Crippen LogP contribution in [0.4, 0.5) is 4.79 Å². The summed E-state index contributed by atoms with van der Waals surface area (Å²) < 4.78 is 23.4. The fraction of sp³-hybridized carbons (Fsp3) is 0.105. The summed E-state index contributed by atoms with van der Waals surface area (Å²) in [6.45, 7) is -0.0361. The number of amides is 2. The number of hydroxylamine groups is 2. The average Bonchev–Trinajstić information content (AvgIpc) is 3.05. The minimum atomic E-state index is -3.27. The molecule has 0 radical (unpaired) electrons. The maximum atomic E-state index is 11.7. The van der Waals surface area contributed by atoms with Crippen molar-refractivity contribution in [1.29, 1.82) is 0 Å². The monoisotopic (exact) mass is 402 g/mol. The number of nitrogens with two attached hydrogens (primary N) is 1. The zero-order chi connectivity index (χ0) is 19.6. The fourth-order valence-corrected chi connectivity index (χ4v) is 4.43. The van der Waals surface area contributed by atoms with Gasteiger partial charge in [0, 0.05) is 22.3 Å². The zero-order valence-corrected chi connectivity index (χ0v) is 16.1. The van der Waals surface area contributed by atoms with E-state index in [0.717, 1.165) is 27.1 Å². The normalized spacial score (nSPS) is 11.3. The molecule has 0 saturated heterocycles. The predicted octanol–water partition coefficient (Wildman–Crippen LogP) is 3.76. The van der Waals surface area contributed by atoms with Crippen molar-refractivity contribution in [3.8, 4) is 22.3 Å². The third-order valence-corrected chi connectivity index (χ3v) is 6.17. The second-order valence-electron chi connectivity index (χ2n) is 6.01. The number of carbonyl (C=O) groups excluding carboxylic acids is 1. The number of hydrogen-bond acceptors (Lipinski definition) is 5. The molecule has 8 heteroatoms. The Hall–Kier alpha value is -2.68. The lowest BCUT2D eigenvalue weighted by atomic mass is 9.97. The van der Waals surface area contributed by atoms with Crippen LogP contribution in [0.5, 0.6) is 0 Å².